The Kier molecular flexibility index (Phi) is 12.6. The summed E-state index contributed by atoms with van der Waals surface area (Å²) in [6, 6.07) is 13.2. The fraction of sp³-hybridized carbons (Fsp3) is 0.219. The maximum atomic E-state index is 13.2. The van der Waals surface area contributed by atoms with Crippen LogP contribution < -0.4 is 27.8 Å². The van der Waals surface area contributed by atoms with Crippen LogP contribution in [0.1, 0.15) is 52.6 Å². The van der Waals surface area contributed by atoms with Crippen LogP contribution in [0.15, 0.2) is 60.7 Å². The SMILES string of the molecule is CC(=O)c1ccccc1C(F)(F)F.CCNc1nc(N)nc(N)c1C=O.CCNc1nc(N)nc2nc(-c3ccccc3C(F)(F)F)ccc12. The van der Waals surface area contributed by atoms with Gasteiger partial charge in [-0.25, -0.2) is 4.98 Å². The van der Waals surface area contributed by atoms with E-state index in [1.807, 2.05) is 13.8 Å². The zero-order chi connectivity index (χ0) is 37.2. The van der Waals surface area contributed by atoms with E-state index >= 15 is 0 Å². The molecule has 0 atom stereocenters. The summed E-state index contributed by atoms with van der Waals surface area (Å²) in [5.74, 6) is 0.461. The molecule has 0 saturated carbocycles. The second-order valence-corrected chi connectivity index (χ2v) is 10.0. The number of ketones is 1. The zero-order valence-electron chi connectivity index (χ0n) is 26.8. The molecular formula is C32H32F6N10O2. The van der Waals surface area contributed by atoms with Gasteiger partial charge in [-0.05, 0) is 45.0 Å². The fourth-order valence-corrected chi connectivity index (χ4v) is 4.39. The van der Waals surface area contributed by atoms with Crippen LogP contribution in [-0.2, 0) is 12.4 Å². The van der Waals surface area contributed by atoms with Crippen LogP contribution in [0, 0.1) is 0 Å². The number of hydrogen-bond acceptors (Lipinski definition) is 12. The van der Waals surface area contributed by atoms with Gasteiger partial charge in [-0.3, -0.25) is 9.59 Å². The van der Waals surface area contributed by atoms with Crippen molar-refractivity contribution in [2.45, 2.75) is 33.1 Å². The van der Waals surface area contributed by atoms with Gasteiger partial charge in [0.05, 0.1) is 27.8 Å². The van der Waals surface area contributed by atoms with Crippen LogP contribution in [-0.4, -0.2) is 50.1 Å². The van der Waals surface area contributed by atoms with Crippen LogP contribution in [0.2, 0.25) is 0 Å². The number of nitrogens with zero attached hydrogens (tertiary/aromatic N) is 5. The molecule has 0 radical (unpaired) electrons. The molecule has 264 valence electrons. The largest absolute Gasteiger partial charge is 0.417 e. The van der Waals surface area contributed by atoms with Crippen molar-refractivity contribution in [1.82, 2.24) is 24.9 Å². The minimum Gasteiger partial charge on any atom is -0.383 e. The Morgan fingerprint density at radius 1 is 0.720 bits per heavy atom. The lowest BCUT2D eigenvalue weighted by molar-refractivity contribution is -0.138. The third-order valence-corrected chi connectivity index (χ3v) is 6.50. The van der Waals surface area contributed by atoms with Gasteiger partial charge in [0.1, 0.15) is 17.5 Å². The quantitative estimate of drug-likeness (QED) is 0.0700. The predicted molar refractivity (Wildman–Crippen MR) is 178 cm³/mol. The van der Waals surface area contributed by atoms with Crippen molar-refractivity contribution < 1.29 is 35.9 Å². The molecule has 0 aliphatic rings. The average molecular weight is 703 g/mol. The molecule has 12 nitrogen and oxygen atoms in total. The summed E-state index contributed by atoms with van der Waals surface area (Å²) >= 11 is 0. The van der Waals surface area contributed by atoms with E-state index in [4.69, 9.17) is 17.2 Å². The van der Waals surface area contributed by atoms with E-state index in [-0.39, 0.29) is 45.7 Å². The number of Topliss-reactive ketones (excluding diaryl/α,β-unsaturated/α-hetero) is 1. The Morgan fingerprint density at radius 2 is 1.26 bits per heavy atom. The van der Waals surface area contributed by atoms with Crippen molar-refractivity contribution in [1.29, 1.82) is 0 Å². The summed E-state index contributed by atoms with van der Waals surface area (Å²) in [7, 11) is 0. The highest BCUT2D eigenvalue weighted by Gasteiger charge is 2.34. The predicted octanol–water partition coefficient (Wildman–Crippen LogP) is 6.52. The maximum absolute atomic E-state index is 13.2. The lowest BCUT2D eigenvalue weighted by atomic mass is 10.0. The van der Waals surface area contributed by atoms with Crippen LogP contribution in [0.5, 0.6) is 0 Å². The number of nitrogens with one attached hydrogen (secondary N) is 2. The zero-order valence-corrected chi connectivity index (χ0v) is 26.8. The minimum atomic E-state index is -4.47. The number of alkyl halides is 6. The number of pyridine rings is 1. The standard InChI is InChI=1S/C16H14F3N5.C9H7F3O.C7H11N5O/c1-2-21-13-10-7-8-12(22-14(10)24-15(20)23-13)9-5-3-4-6-11(9)16(17,18)19;1-6(13)7-4-2-3-5-8(7)9(10,11)12;1-2-10-6-4(3-13)5(8)11-7(9)12-6/h3-8H,2H2,1H3,(H3,20,21,22,23,24);2-5H,1H3;3H,2H2,1H3,(H5,8,9,10,11,12). The highest BCUT2D eigenvalue weighted by Crippen LogP contribution is 2.37. The van der Waals surface area contributed by atoms with Gasteiger partial charge in [-0.15, -0.1) is 0 Å². The van der Waals surface area contributed by atoms with E-state index in [1.165, 1.54) is 42.5 Å². The van der Waals surface area contributed by atoms with Crippen molar-refractivity contribution in [2.24, 2.45) is 0 Å². The maximum Gasteiger partial charge on any atom is 0.417 e. The number of anilines is 5. The summed E-state index contributed by atoms with van der Waals surface area (Å²) in [6.45, 7) is 6.14. The fourth-order valence-electron chi connectivity index (χ4n) is 4.39. The molecule has 18 heteroatoms. The molecule has 0 spiro atoms. The van der Waals surface area contributed by atoms with E-state index in [9.17, 15) is 35.9 Å². The van der Waals surface area contributed by atoms with E-state index in [2.05, 4.69) is 35.6 Å². The van der Waals surface area contributed by atoms with Gasteiger partial charge in [-0.2, -0.15) is 46.3 Å². The van der Waals surface area contributed by atoms with Crippen LogP contribution in [0.4, 0.5) is 55.7 Å². The van der Waals surface area contributed by atoms with Crippen molar-refractivity contribution in [3.63, 3.8) is 0 Å². The van der Waals surface area contributed by atoms with Crippen LogP contribution in [0.3, 0.4) is 0 Å². The number of nitrogens with two attached hydrogens (primary N) is 3. The molecule has 0 unspecified atom stereocenters. The number of aromatic nitrogens is 5. The molecule has 5 aromatic rings. The Morgan fingerprint density at radius 3 is 1.82 bits per heavy atom. The van der Waals surface area contributed by atoms with E-state index in [0.29, 0.717) is 36.4 Å². The first kappa shape index (κ1) is 38.4. The normalized spacial score (nSPS) is 11.1. The molecule has 0 fully saturated rings. The number of nitrogen functional groups attached to an aromatic ring is 3. The summed E-state index contributed by atoms with van der Waals surface area (Å²) in [5.41, 5.74) is 15.2. The second-order valence-electron chi connectivity index (χ2n) is 10.0. The molecule has 0 amide bonds. The van der Waals surface area contributed by atoms with E-state index in [0.717, 1.165) is 19.1 Å². The lowest BCUT2D eigenvalue weighted by Crippen LogP contribution is -2.11. The molecule has 0 aliphatic heterocycles. The highest BCUT2D eigenvalue weighted by atomic mass is 19.4. The van der Waals surface area contributed by atoms with Gasteiger partial charge in [0.25, 0.3) is 0 Å². The molecule has 0 bridgehead atoms. The van der Waals surface area contributed by atoms with Crippen molar-refractivity contribution in [3.05, 3.63) is 82.9 Å². The van der Waals surface area contributed by atoms with Crippen LogP contribution >= 0.6 is 0 Å². The third-order valence-electron chi connectivity index (χ3n) is 6.50. The number of fused-ring (bicyclic) bond motifs is 1. The van der Waals surface area contributed by atoms with Gasteiger partial charge in [0, 0.05) is 24.2 Å². The van der Waals surface area contributed by atoms with E-state index < -0.39 is 29.3 Å². The first-order chi connectivity index (χ1) is 23.5. The Labute approximate surface area is 281 Å². The van der Waals surface area contributed by atoms with Gasteiger partial charge < -0.3 is 27.8 Å². The molecule has 2 aromatic carbocycles. The number of aldehydes is 1. The van der Waals surface area contributed by atoms with Crippen molar-refractivity contribution >= 4 is 52.5 Å². The van der Waals surface area contributed by atoms with Gasteiger partial charge in [0.15, 0.2) is 17.7 Å². The Bertz CT molecular complexity index is 1970. The van der Waals surface area contributed by atoms with Gasteiger partial charge in [-0.1, -0.05) is 36.4 Å². The van der Waals surface area contributed by atoms with Gasteiger partial charge >= 0.3 is 12.4 Å². The van der Waals surface area contributed by atoms with Crippen LogP contribution in [0.25, 0.3) is 22.3 Å². The first-order valence-corrected chi connectivity index (χ1v) is 14.7. The number of hydrogen-bond donors (Lipinski definition) is 5. The first-order valence-electron chi connectivity index (χ1n) is 14.7. The second kappa shape index (κ2) is 16.4. The average Bonchev–Trinajstić information content (AvgIpc) is 3.04. The molecular weight excluding hydrogens is 670 g/mol. The van der Waals surface area contributed by atoms with Crippen molar-refractivity contribution in [3.8, 4) is 11.3 Å². The summed E-state index contributed by atoms with van der Waals surface area (Å²) in [4.78, 5) is 41.3. The number of rotatable bonds is 7. The monoisotopic (exact) mass is 702 g/mol. The molecule has 3 aromatic heterocycles. The molecule has 0 saturated heterocycles. The topological polar surface area (TPSA) is 201 Å². The number of benzene rings is 2. The smallest absolute Gasteiger partial charge is 0.383 e. The molecule has 8 N–H and O–H groups in total. The highest BCUT2D eigenvalue weighted by molar-refractivity contribution is 5.95. The number of halogens is 6. The van der Waals surface area contributed by atoms with Gasteiger partial charge in [0.2, 0.25) is 11.9 Å². The molecule has 5 rings (SSSR count). The lowest BCUT2D eigenvalue weighted by Gasteiger charge is -2.13. The number of carbonyl (C=O) groups excluding carboxylic acids is 2. The van der Waals surface area contributed by atoms with Crippen molar-refractivity contribution in [2.75, 3.05) is 40.9 Å². The third kappa shape index (κ3) is 9.74. The summed E-state index contributed by atoms with van der Waals surface area (Å²) in [5, 5.41) is 6.50. The Balaban J connectivity index is 0.000000221. The molecule has 50 heavy (non-hydrogen) atoms. The Hall–Kier alpha value is -6.07. The summed E-state index contributed by atoms with van der Waals surface area (Å²) < 4.78 is 76.3. The minimum absolute atomic E-state index is 0.00548. The molecule has 3 heterocycles. The molecule has 0 aliphatic carbocycles. The van der Waals surface area contributed by atoms with E-state index in [1.54, 1.807) is 6.07 Å². The number of carbonyl (C=O) groups is 2. The summed E-state index contributed by atoms with van der Waals surface area (Å²) in [6.07, 6.45) is -8.32.